The van der Waals surface area contributed by atoms with Gasteiger partial charge in [-0.15, -0.1) is 11.3 Å². The highest BCUT2D eigenvalue weighted by molar-refractivity contribution is 7.10. The number of hydrogen-bond acceptors (Lipinski definition) is 4. The highest BCUT2D eigenvalue weighted by Gasteiger charge is 2.26. The zero-order chi connectivity index (χ0) is 12.2. The largest absolute Gasteiger partial charge is 0.314 e. The van der Waals surface area contributed by atoms with E-state index in [1.807, 2.05) is 11.3 Å². The van der Waals surface area contributed by atoms with Crippen molar-refractivity contribution in [2.45, 2.75) is 18.9 Å². The summed E-state index contributed by atoms with van der Waals surface area (Å²) in [6.45, 7) is 8.49. The molecule has 2 aliphatic rings. The Morgan fingerprint density at radius 2 is 1.94 bits per heavy atom. The van der Waals surface area contributed by atoms with Gasteiger partial charge in [-0.3, -0.25) is 4.90 Å². The molecule has 3 rings (SSSR count). The van der Waals surface area contributed by atoms with Crippen molar-refractivity contribution in [1.29, 1.82) is 0 Å². The van der Waals surface area contributed by atoms with Crippen LogP contribution in [0.1, 0.15) is 23.8 Å². The molecule has 2 saturated heterocycles. The van der Waals surface area contributed by atoms with Crippen LogP contribution in [0.15, 0.2) is 17.5 Å². The summed E-state index contributed by atoms with van der Waals surface area (Å²) >= 11 is 1.92. The van der Waals surface area contributed by atoms with E-state index < -0.39 is 0 Å². The highest BCUT2D eigenvalue weighted by Crippen LogP contribution is 2.27. The van der Waals surface area contributed by atoms with Gasteiger partial charge in [-0.25, -0.2) is 0 Å². The fourth-order valence-electron chi connectivity index (χ4n) is 3.07. The molecule has 0 amide bonds. The average Bonchev–Trinajstić information content (AvgIpc) is 3.10. The Hall–Kier alpha value is -0.420. The normalized spacial score (nSPS) is 24.4. The van der Waals surface area contributed by atoms with Crippen LogP contribution in [0.4, 0.5) is 0 Å². The summed E-state index contributed by atoms with van der Waals surface area (Å²) in [5.41, 5.74) is 0. The van der Waals surface area contributed by atoms with E-state index in [0.29, 0.717) is 6.04 Å². The quantitative estimate of drug-likeness (QED) is 0.895. The fraction of sp³-hybridized carbons (Fsp3) is 0.714. The van der Waals surface area contributed by atoms with Crippen LogP contribution in [0.25, 0.3) is 0 Å². The third-order valence-corrected chi connectivity index (χ3v) is 5.07. The monoisotopic (exact) mass is 265 g/mol. The molecule has 2 aliphatic heterocycles. The van der Waals surface area contributed by atoms with Gasteiger partial charge in [0.1, 0.15) is 0 Å². The molecule has 0 spiro atoms. The van der Waals surface area contributed by atoms with Crippen molar-refractivity contribution >= 4 is 11.3 Å². The Labute approximate surface area is 114 Å². The molecule has 1 aromatic rings. The first kappa shape index (κ1) is 12.6. The summed E-state index contributed by atoms with van der Waals surface area (Å²) in [5, 5.41) is 5.67. The second kappa shape index (κ2) is 6.15. The van der Waals surface area contributed by atoms with E-state index in [0.717, 1.165) is 13.1 Å². The van der Waals surface area contributed by atoms with Gasteiger partial charge >= 0.3 is 0 Å². The lowest BCUT2D eigenvalue weighted by Gasteiger charge is -2.36. The van der Waals surface area contributed by atoms with Gasteiger partial charge in [0, 0.05) is 37.6 Å². The van der Waals surface area contributed by atoms with Crippen molar-refractivity contribution in [3.05, 3.63) is 22.4 Å². The average molecular weight is 265 g/mol. The predicted molar refractivity (Wildman–Crippen MR) is 77.2 cm³/mol. The van der Waals surface area contributed by atoms with Crippen molar-refractivity contribution in [3.8, 4) is 0 Å². The molecule has 100 valence electrons. The topological polar surface area (TPSA) is 18.5 Å². The zero-order valence-electron chi connectivity index (χ0n) is 11.0. The van der Waals surface area contributed by atoms with Gasteiger partial charge in [-0.1, -0.05) is 6.07 Å². The van der Waals surface area contributed by atoms with Crippen LogP contribution < -0.4 is 5.32 Å². The maximum Gasteiger partial charge on any atom is 0.0569 e. The van der Waals surface area contributed by atoms with Gasteiger partial charge in [0.15, 0.2) is 0 Å². The summed E-state index contributed by atoms with van der Waals surface area (Å²) < 4.78 is 0. The highest BCUT2D eigenvalue weighted by atomic mass is 32.1. The third kappa shape index (κ3) is 2.94. The lowest BCUT2D eigenvalue weighted by molar-refractivity contribution is 0.137. The molecule has 1 atom stereocenters. The first-order valence-electron chi connectivity index (χ1n) is 7.14. The molecule has 1 aromatic heterocycles. The van der Waals surface area contributed by atoms with E-state index in [2.05, 4.69) is 32.6 Å². The van der Waals surface area contributed by atoms with Crippen LogP contribution in [-0.4, -0.2) is 55.6 Å². The molecule has 4 heteroatoms. The molecule has 0 aliphatic carbocycles. The van der Waals surface area contributed by atoms with Gasteiger partial charge in [-0.2, -0.15) is 0 Å². The van der Waals surface area contributed by atoms with Gasteiger partial charge in [0.2, 0.25) is 0 Å². The Kier molecular flexibility index (Phi) is 4.31. The van der Waals surface area contributed by atoms with E-state index >= 15 is 0 Å². The van der Waals surface area contributed by atoms with Gasteiger partial charge < -0.3 is 10.2 Å². The van der Waals surface area contributed by atoms with Crippen molar-refractivity contribution < 1.29 is 0 Å². The van der Waals surface area contributed by atoms with E-state index in [1.165, 1.54) is 45.6 Å². The fourth-order valence-corrected chi connectivity index (χ4v) is 3.92. The molecule has 2 fully saturated rings. The van der Waals surface area contributed by atoms with E-state index in [9.17, 15) is 0 Å². The van der Waals surface area contributed by atoms with Crippen LogP contribution in [0.2, 0.25) is 0 Å². The van der Waals surface area contributed by atoms with Crippen LogP contribution in [0.5, 0.6) is 0 Å². The molecular formula is C14H23N3S. The van der Waals surface area contributed by atoms with Gasteiger partial charge in [-0.05, 0) is 37.4 Å². The number of hydrogen-bond donors (Lipinski definition) is 1. The summed E-state index contributed by atoms with van der Waals surface area (Å²) in [6.07, 6.45) is 2.78. The first-order chi connectivity index (χ1) is 8.93. The predicted octanol–water partition coefficient (Wildman–Crippen LogP) is 1.79. The van der Waals surface area contributed by atoms with Crippen LogP contribution in [0, 0.1) is 0 Å². The number of thiophene rings is 1. The SMILES string of the molecule is c1csc(C(CN2CCCC2)N2CCNCC2)c1. The number of nitrogens with zero attached hydrogens (tertiary/aromatic N) is 2. The summed E-state index contributed by atoms with van der Waals surface area (Å²) in [5.74, 6) is 0. The molecule has 1 unspecified atom stereocenters. The van der Waals surface area contributed by atoms with Crippen LogP contribution >= 0.6 is 11.3 Å². The molecule has 0 aromatic carbocycles. The lowest BCUT2D eigenvalue weighted by atomic mass is 10.1. The van der Waals surface area contributed by atoms with Crippen molar-refractivity contribution in [2.75, 3.05) is 45.8 Å². The Bertz CT molecular complexity index is 340. The van der Waals surface area contributed by atoms with E-state index in [4.69, 9.17) is 0 Å². The summed E-state index contributed by atoms with van der Waals surface area (Å²) in [7, 11) is 0. The number of likely N-dealkylation sites (tertiary alicyclic amines) is 1. The number of rotatable bonds is 4. The Balaban J connectivity index is 1.70. The van der Waals surface area contributed by atoms with Gasteiger partial charge in [0.05, 0.1) is 6.04 Å². The second-order valence-corrected chi connectivity index (χ2v) is 6.30. The molecule has 0 saturated carbocycles. The molecule has 0 radical (unpaired) electrons. The number of nitrogens with one attached hydrogen (secondary N) is 1. The maximum atomic E-state index is 3.46. The Morgan fingerprint density at radius 1 is 1.17 bits per heavy atom. The maximum absolute atomic E-state index is 3.46. The van der Waals surface area contributed by atoms with Crippen molar-refractivity contribution in [1.82, 2.24) is 15.1 Å². The smallest absolute Gasteiger partial charge is 0.0569 e. The minimum atomic E-state index is 0.616. The van der Waals surface area contributed by atoms with Gasteiger partial charge in [0.25, 0.3) is 0 Å². The second-order valence-electron chi connectivity index (χ2n) is 5.32. The molecule has 1 N–H and O–H groups in total. The summed E-state index contributed by atoms with van der Waals surface area (Å²) in [6, 6.07) is 5.12. The van der Waals surface area contributed by atoms with Crippen LogP contribution in [-0.2, 0) is 0 Å². The molecule has 0 bridgehead atoms. The van der Waals surface area contributed by atoms with Crippen LogP contribution in [0.3, 0.4) is 0 Å². The van der Waals surface area contributed by atoms with E-state index in [-0.39, 0.29) is 0 Å². The zero-order valence-corrected chi connectivity index (χ0v) is 11.8. The summed E-state index contributed by atoms with van der Waals surface area (Å²) in [4.78, 5) is 6.86. The minimum absolute atomic E-state index is 0.616. The number of piperazine rings is 1. The lowest BCUT2D eigenvalue weighted by Crippen LogP contribution is -2.47. The molecule has 18 heavy (non-hydrogen) atoms. The van der Waals surface area contributed by atoms with E-state index in [1.54, 1.807) is 4.88 Å². The van der Waals surface area contributed by atoms with Crippen molar-refractivity contribution in [2.24, 2.45) is 0 Å². The van der Waals surface area contributed by atoms with Crippen molar-refractivity contribution in [3.63, 3.8) is 0 Å². The Morgan fingerprint density at radius 3 is 2.61 bits per heavy atom. The minimum Gasteiger partial charge on any atom is -0.314 e. The molecular weight excluding hydrogens is 242 g/mol. The third-order valence-electron chi connectivity index (χ3n) is 4.09. The first-order valence-corrected chi connectivity index (χ1v) is 8.02. The standard InChI is InChI=1S/C14H23N3S/c1-2-8-16(7-1)12-13(14-4-3-11-18-14)17-9-5-15-6-10-17/h3-4,11,13,15H,1-2,5-10,12H2. The molecule has 3 nitrogen and oxygen atoms in total. The molecule has 3 heterocycles.